The predicted octanol–water partition coefficient (Wildman–Crippen LogP) is 2.25. The standard InChI is InChI=1S/C15H28N4O2/c1-15(2,3)21-14(20)17-11-13-10-16-12-19(13)9-7-6-8-18(4)5/h10,12H,6-9,11H2,1-5H3,(H,17,20). The van der Waals surface area contributed by atoms with Crippen molar-refractivity contribution in [3.63, 3.8) is 0 Å². The van der Waals surface area contributed by atoms with Crippen molar-refractivity contribution in [1.29, 1.82) is 0 Å². The van der Waals surface area contributed by atoms with E-state index in [0.29, 0.717) is 6.54 Å². The van der Waals surface area contributed by atoms with Gasteiger partial charge in [0.2, 0.25) is 0 Å². The Bertz CT molecular complexity index is 435. The Hall–Kier alpha value is -1.56. The zero-order valence-electron chi connectivity index (χ0n) is 13.8. The van der Waals surface area contributed by atoms with Crippen molar-refractivity contribution >= 4 is 6.09 Å². The van der Waals surface area contributed by atoms with E-state index in [0.717, 1.165) is 31.6 Å². The Morgan fingerprint density at radius 2 is 2.10 bits per heavy atom. The molecule has 0 radical (unpaired) electrons. The van der Waals surface area contributed by atoms with E-state index in [4.69, 9.17) is 4.74 Å². The molecule has 1 N–H and O–H groups in total. The number of amides is 1. The van der Waals surface area contributed by atoms with Crippen molar-refractivity contribution in [1.82, 2.24) is 19.8 Å². The van der Waals surface area contributed by atoms with E-state index >= 15 is 0 Å². The van der Waals surface area contributed by atoms with Crippen LogP contribution in [0.5, 0.6) is 0 Å². The molecule has 6 heteroatoms. The van der Waals surface area contributed by atoms with Crippen LogP contribution >= 0.6 is 0 Å². The van der Waals surface area contributed by atoms with Crippen LogP contribution < -0.4 is 5.32 Å². The molecule has 1 aromatic rings. The first-order valence-electron chi connectivity index (χ1n) is 7.38. The Labute approximate surface area is 127 Å². The number of imidazole rings is 1. The molecule has 0 atom stereocenters. The molecule has 0 aliphatic heterocycles. The lowest BCUT2D eigenvalue weighted by molar-refractivity contribution is 0.0522. The van der Waals surface area contributed by atoms with Crippen molar-refractivity contribution in [2.75, 3.05) is 20.6 Å². The van der Waals surface area contributed by atoms with E-state index in [9.17, 15) is 4.79 Å². The van der Waals surface area contributed by atoms with Gasteiger partial charge in [0.15, 0.2) is 0 Å². The molecule has 1 amide bonds. The summed E-state index contributed by atoms with van der Waals surface area (Å²) in [4.78, 5) is 18.0. The Balaban J connectivity index is 2.36. The lowest BCUT2D eigenvalue weighted by Crippen LogP contribution is -2.32. The summed E-state index contributed by atoms with van der Waals surface area (Å²) < 4.78 is 7.29. The minimum atomic E-state index is -0.476. The summed E-state index contributed by atoms with van der Waals surface area (Å²) >= 11 is 0. The minimum Gasteiger partial charge on any atom is -0.444 e. The van der Waals surface area contributed by atoms with E-state index in [1.807, 2.05) is 27.1 Å². The van der Waals surface area contributed by atoms with Crippen LogP contribution in [0.2, 0.25) is 0 Å². The molecular formula is C15H28N4O2. The first kappa shape index (κ1) is 17.5. The summed E-state index contributed by atoms with van der Waals surface area (Å²) in [7, 11) is 4.15. The summed E-state index contributed by atoms with van der Waals surface area (Å²) in [6.07, 6.45) is 5.42. The Kier molecular flexibility index (Phi) is 6.68. The van der Waals surface area contributed by atoms with Crippen molar-refractivity contribution in [3.8, 4) is 0 Å². The van der Waals surface area contributed by atoms with Crippen molar-refractivity contribution in [3.05, 3.63) is 18.2 Å². The fraction of sp³-hybridized carbons (Fsp3) is 0.733. The lowest BCUT2D eigenvalue weighted by atomic mass is 10.2. The van der Waals surface area contributed by atoms with Gasteiger partial charge in [0, 0.05) is 12.7 Å². The van der Waals surface area contributed by atoms with Gasteiger partial charge in [-0.15, -0.1) is 0 Å². The molecule has 0 saturated carbocycles. The summed E-state index contributed by atoms with van der Waals surface area (Å²) in [5, 5.41) is 2.76. The maximum atomic E-state index is 11.6. The van der Waals surface area contributed by atoms with E-state index in [1.54, 1.807) is 6.20 Å². The maximum absolute atomic E-state index is 11.6. The summed E-state index contributed by atoms with van der Waals surface area (Å²) in [6.45, 7) is 7.98. The first-order chi connectivity index (χ1) is 9.78. The van der Waals surface area contributed by atoms with E-state index in [-0.39, 0.29) is 0 Å². The largest absolute Gasteiger partial charge is 0.444 e. The van der Waals surface area contributed by atoms with Crippen LogP contribution in [0.3, 0.4) is 0 Å². The average molecular weight is 296 g/mol. The second kappa shape index (κ2) is 8.02. The molecule has 0 aliphatic rings. The number of unbranched alkanes of at least 4 members (excludes halogenated alkanes) is 1. The van der Waals surface area contributed by atoms with Gasteiger partial charge in [0.1, 0.15) is 5.60 Å². The number of nitrogens with one attached hydrogen (secondary N) is 1. The molecule has 21 heavy (non-hydrogen) atoms. The number of aryl methyl sites for hydroxylation is 1. The number of aromatic nitrogens is 2. The zero-order chi connectivity index (χ0) is 15.9. The molecule has 0 spiro atoms. The average Bonchev–Trinajstić information content (AvgIpc) is 2.77. The minimum absolute atomic E-state index is 0.400. The second-order valence-electron chi connectivity index (χ2n) is 6.44. The van der Waals surface area contributed by atoms with Gasteiger partial charge >= 0.3 is 6.09 Å². The van der Waals surface area contributed by atoms with Crippen LogP contribution in [0.15, 0.2) is 12.5 Å². The molecule has 0 bridgehead atoms. The highest BCUT2D eigenvalue weighted by Crippen LogP contribution is 2.07. The lowest BCUT2D eigenvalue weighted by Gasteiger charge is -2.19. The molecule has 0 aromatic carbocycles. The third-order valence-corrected chi connectivity index (χ3v) is 2.87. The number of hydrogen-bond acceptors (Lipinski definition) is 4. The van der Waals surface area contributed by atoms with Gasteiger partial charge in [-0.3, -0.25) is 0 Å². The van der Waals surface area contributed by atoms with Gasteiger partial charge in [-0.05, 0) is 54.3 Å². The van der Waals surface area contributed by atoms with Crippen molar-refractivity contribution < 1.29 is 9.53 Å². The molecule has 1 rings (SSSR count). The number of hydrogen-bond donors (Lipinski definition) is 1. The molecule has 1 aromatic heterocycles. The third kappa shape index (κ3) is 7.70. The Morgan fingerprint density at radius 1 is 1.38 bits per heavy atom. The molecule has 6 nitrogen and oxygen atoms in total. The molecule has 0 aliphatic carbocycles. The quantitative estimate of drug-likeness (QED) is 0.784. The fourth-order valence-electron chi connectivity index (χ4n) is 1.88. The topological polar surface area (TPSA) is 59.4 Å². The predicted molar refractivity (Wildman–Crippen MR) is 83.1 cm³/mol. The SMILES string of the molecule is CN(C)CCCCn1cncc1CNC(=O)OC(C)(C)C. The third-order valence-electron chi connectivity index (χ3n) is 2.87. The van der Waals surface area contributed by atoms with Gasteiger partial charge in [-0.1, -0.05) is 0 Å². The van der Waals surface area contributed by atoms with Crippen LogP contribution in [0, 0.1) is 0 Å². The van der Waals surface area contributed by atoms with Crippen LogP contribution in [0.25, 0.3) is 0 Å². The number of alkyl carbamates (subject to hydrolysis) is 1. The molecule has 0 unspecified atom stereocenters. The van der Waals surface area contributed by atoms with Crippen molar-refractivity contribution in [2.24, 2.45) is 0 Å². The number of carbonyl (C=O) groups excluding carboxylic acids is 1. The van der Waals surface area contributed by atoms with Crippen LogP contribution in [-0.2, 0) is 17.8 Å². The number of rotatable bonds is 7. The number of carbonyl (C=O) groups is 1. The number of nitrogens with zero attached hydrogens (tertiary/aromatic N) is 3. The molecular weight excluding hydrogens is 268 g/mol. The van der Waals surface area contributed by atoms with Crippen LogP contribution in [0.1, 0.15) is 39.3 Å². The van der Waals surface area contributed by atoms with Crippen LogP contribution in [0.4, 0.5) is 4.79 Å². The monoisotopic (exact) mass is 296 g/mol. The molecule has 0 saturated heterocycles. The van der Waals surface area contributed by atoms with Gasteiger partial charge in [0.05, 0.1) is 18.6 Å². The van der Waals surface area contributed by atoms with E-state index in [2.05, 4.69) is 33.9 Å². The molecule has 1 heterocycles. The van der Waals surface area contributed by atoms with E-state index < -0.39 is 11.7 Å². The zero-order valence-corrected chi connectivity index (χ0v) is 13.8. The van der Waals surface area contributed by atoms with Gasteiger partial charge < -0.3 is 19.5 Å². The van der Waals surface area contributed by atoms with Crippen LogP contribution in [-0.4, -0.2) is 46.8 Å². The van der Waals surface area contributed by atoms with Crippen molar-refractivity contribution in [2.45, 2.75) is 52.3 Å². The second-order valence-corrected chi connectivity index (χ2v) is 6.44. The summed E-state index contributed by atoms with van der Waals surface area (Å²) in [5.74, 6) is 0. The van der Waals surface area contributed by atoms with Gasteiger partial charge in [-0.2, -0.15) is 0 Å². The molecule has 0 fully saturated rings. The first-order valence-corrected chi connectivity index (χ1v) is 7.38. The van der Waals surface area contributed by atoms with E-state index in [1.165, 1.54) is 0 Å². The summed E-state index contributed by atoms with van der Waals surface area (Å²) in [6, 6.07) is 0. The maximum Gasteiger partial charge on any atom is 0.407 e. The highest BCUT2D eigenvalue weighted by molar-refractivity contribution is 5.67. The normalized spacial score (nSPS) is 11.7. The molecule has 120 valence electrons. The smallest absolute Gasteiger partial charge is 0.407 e. The fourth-order valence-corrected chi connectivity index (χ4v) is 1.88. The highest BCUT2D eigenvalue weighted by Gasteiger charge is 2.16. The van der Waals surface area contributed by atoms with Gasteiger partial charge in [-0.25, -0.2) is 9.78 Å². The summed E-state index contributed by atoms with van der Waals surface area (Å²) in [5.41, 5.74) is 0.516. The number of ether oxygens (including phenoxy) is 1. The Morgan fingerprint density at radius 3 is 2.71 bits per heavy atom. The van der Waals surface area contributed by atoms with Gasteiger partial charge in [0.25, 0.3) is 0 Å². The highest BCUT2D eigenvalue weighted by atomic mass is 16.6.